The van der Waals surface area contributed by atoms with E-state index in [0.717, 1.165) is 59.8 Å². The van der Waals surface area contributed by atoms with Crippen LogP contribution in [0.4, 0.5) is 5.82 Å². The van der Waals surface area contributed by atoms with E-state index in [1.54, 1.807) is 6.33 Å². The Balaban J connectivity index is 1.33. The van der Waals surface area contributed by atoms with Gasteiger partial charge in [0.1, 0.15) is 12.1 Å². The van der Waals surface area contributed by atoms with Gasteiger partial charge in [-0.1, -0.05) is 6.07 Å². The van der Waals surface area contributed by atoms with Gasteiger partial charge in [-0.3, -0.25) is 9.58 Å². The van der Waals surface area contributed by atoms with Crippen LogP contribution in [0.2, 0.25) is 0 Å². The van der Waals surface area contributed by atoms with Crippen LogP contribution in [0, 0.1) is 6.92 Å². The minimum Gasteiger partial charge on any atom is -0.379 e. The molecule has 1 saturated heterocycles. The molecule has 30 heavy (non-hydrogen) atoms. The molecule has 3 heterocycles. The maximum atomic E-state index is 5.51. The van der Waals surface area contributed by atoms with Crippen molar-refractivity contribution in [2.45, 2.75) is 44.7 Å². The van der Waals surface area contributed by atoms with Crippen LogP contribution in [0.1, 0.15) is 31.4 Å². The lowest BCUT2D eigenvalue weighted by Gasteiger charge is -2.39. The number of rotatable bonds is 4. The highest BCUT2D eigenvalue weighted by Gasteiger charge is 2.27. The monoisotopic (exact) mass is 406 g/mol. The Kier molecular flexibility index (Phi) is 5.39. The summed E-state index contributed by atoms with van der Waals surface area (Å²) in [4.78, 5) is 11.7. The van der Waals surface area contributed by atoms with E-state index >= 15 is 0 Å². The second-order valence-corrected chi connectivity index (χ2v) is 8.52. The molecule has 3 aromatic rings. The maximum absolute atomic E-state index is 5.51. The van der Waals surface area contributed by atoms with E-state index in [-0.39, 0.29) is 0 Å². The molecule has 5 rings (SSSR count). The second-order valence-electron chi connectivity index (χ2n) is 8.52. The van der Waals surface area contributed by atoms with Gasteiger partial charge < -0.3 is 10.1 Å². The van der Waals surface area contributed by atoms with Gasteiger partial charge in [0.2, 0.25) is 0 Å². The molecule has 2 fully saturated rings. The summed E-state index contributed by atoms with van der Waals surface area (Å²) in [5, 5.41) is 9.20. The summed E-state index contributed by atoms with van der Waals surface area (Å²) in [6.07, 6.45) is 8.42. The molecule has 158 valence electrons. The Bertz CT molecular complexity index is 1020. The quantitative estimate of drug-likeness (QED) is 0.716. The van der Waals surface area contributed by atoms with E-state index in [4.69, 9.17) is 4.74 Å². The molecule has 2 aliphatic rings. The molecular formula is C23H30N6O. The minimum absolute atomic E-state index is 0.462. The number of fused-ring (bicyclic) bond motifs is 1. The molecule has 0 bridgehead atoms. The van der Waals surface area contributed by atoms with Crippen molar-refractivity contribution in [3.05, 3.63) is 36.4 Å². The fourth-order valence-corrected chi connectivity index (χ4v) is 4.84. The number of benzene rings is 1. The molecule has 1 N–H and O–H groups in total. The van der Waals surface area contributed by atoms with E-state index in [1.165, 1.54) is 25.7 Å². The summed E-state index contributed by atoms with van der Waals surface area (Å²) >= 11 is 0. The maximum Gasteiger partial charge on any atom is 0.137 e. The van der Waals surface area contributed by atoms with Crippen LogP contribution in [0.15, 0.2) is 30.7 Å². The number of anilines is 1. The van der Waals surface area contributed by atoms with E-state index in [1.807, 2.05) is 17.9 Å². The third kappa shape index (κ3) is 3.79. The average Bonchev–Trinajstić information content (AvgIpc) is 3.13. The van der Waals surface area contributed by atoms with Gasteiger partial charge in [0.05, 0.1) is 24.9 Å². The third-order valence-electron chi connectivity index (χ3n) is 6.78. The highest BCUT2D eigenvalue weighted by Crippen LogP contribution is 2.31. The molecule has 0 atom stereocenters. The molecule has 1 aromatic carbocycles. The van der Waals surface area contributed by atoms with Crippen molar-refractivity contribution in [1.82, 2.24) is 24.6 Å². The Morgan fingerprint density at radius 2 is 1.87 bits per heavy atom. The molecule has 1 aliphatic carbocycles. The van der Waals surface area contributed by atoms with Crippen molar-refractivity contribution in [1.29, 1.82) is 0 Å². The first-order valence-corrected chi connectivity index (χ1v) is 11.0. The van der Waals surface area contributed by atoms with Crippen LogP contribution in [0.5, 0.6) is 0 Å². The van der Waals surface area contributed by atoms with Gasteiger partial charge in [-0.05, 0) is 50.3 Å². The molecule has 0 spiro atoms. The van der Waals surface area contributed by atoms with E-state index in [0.29, 0.717) is 12.1 Å². The van der Waals surface area contributed by atoms with Crippen molar-refractivity contribution >= 4 is 16.7 Å². The van der Waals surface area contributed by atoms with E-state index < -0.39 is 0 Å². The van der Waals surface area contributed by atoms with Crippen LogP contribution in [-0.4, -0.2) is 63.0 Å². The number of aromatic nitrogens is 4. The lowest BCUT2D eigenvalue weighted by Crippen LogP contribution is -2.46. The van der Waals surface area contributed by atoms with Crippen LogP contribution >= 0.6 is 0 Å². The SMILES string of the molecule is Cc1c(-c2ccc3ncnc(N[C@H]4CC[C@H](N5CCOCC5)CC4)c3c2)cnn1C. The predicted molar refractivity (Wildman–Crippen MR) is 119 cm³/mol. The first-order chi connectivity index (χ1) is 14.7. The standard InChI is InChI=1S/C23H30N6O/c1-16-21(14-26-28(16)2)17-3-8-22-20(13-17)23(25-15-24-22)27-18-4-6-19(7-5-18)29-9-11-30-12-10-29/h3,8,13-15,18-19H,4-7,9-12H2,1-2H3,(H,24,25,27)/t18-,19-. The zero-order chi connectivity index (χ0) is 20.5. The molecule has 0 amide bonds. The summed E-state index contributed by atoms with van der Waals surface area (Å²) in [6, 6.07) is 7.57. The predicted octanol–water partition coefficient (Wildman–Crippen LogP) is 3.39. The van der Waals surface area contributed by atoms with E-state index in [9.17, 15) is 0 Å². The van der Waals surface area contributed by atoms with Gasteiger partial charge in [-0.2, -0.15) is 5.10 Å². The van der Waals surface area contributed by atoms with Crippen LogP contribution in [0.25, 0.3) is 22.0 Å². The summed E-state index contributed by atoms with van der Waals surface area (Å²) in [5.74, 6) is 0.943. The van der Waals surface area contributed by atoms with Crippen molar-refractivity contribution < 1.29 is 4.74 Å². The van der Waals surface area contributed by atoms with Gasteiger partial charge in [-0.25, -0.2) is 9.97 Å². The third-order valence-corrected chi connectivity index (χ3v) is 6.78. The minimum atomic E-state index is 0.462. The first-order valence-electron chi connectivity index (χ1n) is 11.0. The fraction of sp³-hybridized carbons (Fsp3) is 0.522. The van der Waals surface area contributed by atoms with Gasteiger partial charge in [0, 0.05) is 48.9 Å². The van der Waals surface area contributed by atoms with Crippen LogP contribution < -0.4 is 5.32 Å². The van der Waals surface area contributed by atoms with Gasteiger partial charge in [-0.15, -0.1) is 0 Å². The summed E-state index contributed by atoms with van der Waals surface area (Å²) in [6.45, 7) is 6.01. The van der Waals surface area contributed by atoms with Crippen molar-refractivity contribution in [2.75, 3.05) is 31.6 Å². The van der Waals surface area contributed by atoms with Crippen molar-refractivity contribution in [3.63, 3.8) is 0 Å². The van der Waals surface area contributed by atoms with Gasteiger partial charge in [0.15, 0.2) is 0 Å². The largest absolute Gasteiger partial charge is 0.379 e. The number of nitrogens with zero attached hydrogens (tertiary/aromatic N) is 5. The normalized spacial score (nSPS) is 23.0. The van der Waals surface area contributed by atoms with Gasteiger partial charge in [0.25, 0.3) is 0 Å². The second kappa shape index (κ2) is 8.32. The van der Waals surface area contributed by atoms with Crippen molar-refractivity contribution in [3.8, 4) is 11.1 Å². The van der Waals surface area contributed by atoms with Crippen LogP contribution in [0.3, 0.4) is 0 Å². The number of ether oxygens (including phenoxy) is 1. The Morgan fingerprint density at radius 3 is 2.60 bits per heavy atom. The molecule has 1 aliphatic heterocycles. The highest BCUT2D eigenvalue weighted by molar-refractivity contribution is 5.92. The highest BCUT2D eigenvalue weighted by atomic mass is 16.5. The van der Waals surface area contributed by atoms with Crippen molar-refractivity contribution in [2.24, 2.45) is 7.05 Å². The lowest BCUT2D eigenvalue weighted by molar-refractivity contribution is 0.00791. The number of nitrogens with one attached hydrogen (secondary N) is 1. The zero-order valence-electron chi connectivity index (χ0n) is 17.8. The molecule has 0 unspecified atom stereocenters. The molecule has 0 radical (unpaired) electrons. The zero-order valence-corrected chi connectivity index (χ0v) is 17.8. The Morgan fingerprint density at radius 1 is 1.07 bits per heavy atom. The van der Waals surface area contributed by atoms with E-state index in [2.05, 4.69) is 50.4 Å². The summed E-state index contributed by atoms with van der Waals surface area (Å²) in [5.41, 5.74) is 4.43. The Labute approximate surface area is 177 Å². The smallest absolute Gasteiger partial charge is 0.137 e. The first kappa shape index (κ1) is 19.5. The summed E-state index contributed by atoms with van der Waals surface area (Å²) < 4.78 is 7.42. The number of hydrogen-bond donors (Lipinski definition) is 1. The lowest BCUT2D eigenvalue weighted by atomic mass is 9.90. The number of aryl methyl sites for hydroxylation is 1. The summed E-state index contributed by atoms with van der Waals surface area (Å²) in [7, 11) is 1.98. The average molecular weight is 407 g/mol. The molecule has 1 saturated carbocycles. The molecule has 2 aromatic heterocycles. The number of morpholine rings is 1. The molecule has 7 heteroatoms. The molecule has 7 nitrogen and oxygen atoms in total. The van der Waals surface area contributed by atoms with Crippen LogP contribution in [-0.2, 0) is 11.8 Å². The van der Waals surface area contributed by atoms with Gasteiger partial charge >= 0.3 is 0 Å². The molecular weight excluding hydrogens is 376 g/mol. The topological polar surface area (TPSA) is 68.1 Å². The Hall–Kier alpha value is -2.51. The fourth-order valence-electron chi connectivity index (χ4n) is 4.84. The number of hydrogen-bond acceptors (Lipinski definition) is 6.